The number of hydrogen-bond donors (Lipinski definition) is 1. The summed E-state index contributed by atoms with van der Waals surface area (Å²) >= 11 is 0. The minimum Gasteiger partial charge on any atom is -0.392 e. The lowest BCUT2D eigenvalue weighted by Gasteiger charge is -2.29. The van der Waals surface area contributed by atoms with Crippen molar-refractivity contribution >= 4 is 5.57 Å². The molecule has 2 rings (SSSR count). The highest BCUT2D eigenvalue weighted by Gasteiger charge is 2.16. The van der Waals surface area contributed by atoms with Gasteiger partial charge in [0.05, 0.1) is 6.61 Å². The molecule has 2 heteroatoms. The number of rotatable bonds is 3. The Hall–Kier alpha value is -1.38. The van der Waals surface area contributed by atoms with Gasteiger partial charge in [-0.05, 0) is 30.2 Å². The van der Waals surface area contributed by atoms with Crippen molar-refractivity contribution in [3.8, 4) is 0 Å². The zero-order valence-electron chi connectivity index (χ0n) is 10.3. The first-order valence-electron chi connectivity index (χ1n) is 5.98. The van der Waals surface area contributed by atoms with E-state index >= 15 is 0 Å². The SMILES string of the molecule is C=CC1C=C(c2ccc(CO)cc2)CCN1C. The van der Waals surface area contributed by atoms with Crippen LogP contribution in [-0.2, 0) is 6.61 Å². The van der Waals surface area contributed by atoms with Crippen LogP contribution >= 0.6 is 0 Å². The Morgan fingerprint density at radius 2 is 2.12 bits per heavy atom. The largest absolute Gasteiger partial charge is 0.392 e. The fraction of sp³-hybridized carbons (Fsp3) is 0.333. The van der Waals surface area contributed by atoms with Crippen molar-refractivity contribution in [2.45, 2.75) is 19.1 Å². The highest BCUT2D eigenvalue weighted by atomic mass is 16.3. The monoisotopic (exact) mass is 229 g/mol. The van der Waals surface area contributed by atoms with E-state index in [1.807, 2.05) is 18.2 Å². The number of hydrogen-bond acceptors (Lipinski definition) is 2. The van der Waals surface area contributed by atoms with Crippen LogP contribution in [0.4, 0.5) is 0 Å². The molecule has 0 bridgehead atoms. The lowest BCUT2D eigenvalue weighted by Crippen LogP contribution is -2.32. The topological polar surface area (TPSA) is 23.5 Å². The minimum atomic E-state index is 0.108. The van der Waals surface area contributed by atoms with Crippen LogP contribution in [0, 0.1) is 0 Å². The summed E-state index contributed by atoms with van der Waals surface area (Å²) in [5.74, 6) is 0. The summed E-state index contributed by atoms with van der Waals surface area (Å²) in [5, 5.41) is 9.02. The molecule has 0 saturated carbocycles. The molecular formula is C15H19NO. The molecule has 2 nitrogen and oxygen atoms in total. The molecule has 1 atom stereocenters. The van der Waals surface area contributed by atoms with Gasteiger partial charge in [0.2, 0.25) is 0 Å². The Labute approximate surface area is 103 Å². The molecule has 1 aliphatic rings. The van der Waals surface area contributed by atoms with Crippen molar-refractivity contribution in [3.63, 3.8) is 0 Å². The average Bonchev–Trinajstić information content (AvgIpc) is 2.39. The number of benzene rings is 1. The molecule has 90 valence electrons. The molecular weight excluding hydrogens is 210 g/mol. The van der Waals surface area contributed by atoms with Crippen LogP contribution in [0.5, 0.6) is 0 Å². The normalized spacial score (nSPS) is 21.1. The van der Waals surface area contributed by atoms with Gasteiger partial charge in [-0.15, -0.1) is 6.58 Å². The highest BCUT2D eigenvalue weighted by Crippen LogP contribution is 2.25. The first kappa shape index (κ1) is 12.1. The molecule has 1 aromatic rings. The summed E-state index contributed by atoms with van der Waals surface area (Å²) in [5.41, 5.74) is 3.59. The number of aliphatic hydroxyl groups is 1. The lowest BCUT2D eigenvalue weighted by molar-refractivity contribution is 0.282. The summed E-state index contributed by atoms with van der Waals surface area (Å²) in [6, 6.07) is 8.47. The lowest BCUT2D eigenvalue weighted by atomic mass is 9.95. The molecule has 1 heterocycles. The van der Waals surface area contributed by atoms with E-state index in [2.05, 4.69) is 36.7 Å². The van der Waals surface area contributed by atoms with E-state index in [4.69, 9.17) is 5.11 Å². The molecule has 17 heavy (non-hydrogen) atoms. The molecule has 1 aliphatic heterocycles. The minimum absolute atomic E-state index is 0.108. The fourth-order valence-electron chi connectivity index (χ4n) is 2.18. The molecule has 0 aromatic heterocycles. The predicted octanol–water partition coefficient (Wildman–Crippen LogP) is 2.45. The number of nitrogens with zero attached hydrogens (tertiary/aromatic N) is 1. The van der Waals surface area contributed by atoms with Gasteiger partial charge in [0.1, 0.15) is 0 Å². The summed E-state index contributed by atoms with van der Waals surface area (Å²) < 4.78 is 0. The standard InChI is InChI=1S/C15H19NO/c1-3-15-10-14(8-9-16(15)2)13-6-4-12(11-17)5-7-13/h3-7,10,15,17H,1,8-9,11H2,2H3. The predicted molar refractivity (Wildman–Crippen MR) is 71.6 cm³/mol. The quantitative estimate of drug-likeness (QED) is 0.805. The van der Waals surface area contributed by atoms with E-state index in [1.165, 1.54) is 11.1 Å². The molecule has 0 amide bonds. The number of likely N-dealkylation sites (N-methyl/N-ethyl adjacent to an activating group) is 1. The maximum Gasteiger partial charge on any atom is 0.0681 e. The van der Waals surface area contributed by atoms with Crippen LogP contribution in [0.3, 0.4) is 0 Å². The van der Waals surface area contributed by atoms with Crippen molar-refractivity contribution in [3.05, 3.63) is 54.1 Å². The van der Waals surface area contributed by atoms with Crippen molar-refractivity contribution in [2.75, 3.05) is 13.6 Å². The third-order valence-corrected chi connectivity index (χ3v) is 3.36. The molecule has 0 radical (unpaired) electrons. The number of aliphatic hydroxyl groups excluding tert-OH is 1. The molecule has 0 fully saturated rings. The summed E-state index contributed by atoms with van der Waals surface area (Å²) in [7, 11) is 2.12. The van der Waals surface area contributed by atoms with Crippen LogP contribution in [-0.4, -0.2) is 29.6 Å². The Balaban J connectivity index is 2.24. The Kier molecular flexibility index (Phi) is 3.77. The van der Waals surface area contributed by atoms with Crippen LogP contribution in [0.1, 0.15) is 17.5 Å². The van der Waals surface area contributed by atoms with Crippen molar-refractivity contribution in [2.24, 2.45) is 0 Å². The zero-order valence-corrected chi connectivity index (χ0v) is 10.3. The smallest absolute Gasteiger partial charge is 0.0681 e. The van der Waals surface area contributed by atoms with Gasteiger partial charge in [0.25, 0.3) is 0 Å². The second kappa shape index (κ2) is 5.30. The maximum atomic E-state index is 9.02. The van der Waals surface area contributed by atoms with E-state index in [0.717, 1.165) is 18.5 Å². The van der Waals surface area contributed by atoms with Gasteiger partial charge in [-0.3, -0.25) is 4.90 Å². The Morgan fingerprint density at radius 1 is 1.41 bits per heavy atom. The molecule has 1 aromatic carbocycles. The summed E-state index contributed by atoms with van der Waals surface area (Å²) in [6.45, 7) is 5.04. The summed E-state index contributed by atoms with van der Waals surface area (Å²) in [6.07, 6.45) is 5.31. The Bertz CT molecular complexity index is 419. The molecule has 0 aliphatic carbocycles. The fourth-order valence-corrected chi connectivity index (χ4v) is 2.18. The highest BCUT2D eigenvalue weighted by molar-refractivity contribution is 5.67. The molecule has 1 N–H and O–H groups in total. The van der Waals surface area contributed by atoms with Gasteiger partial charge in [-0.1, -0.05) is 36.4 Å². The zero-order chi connectivity index (χ0) is 12.3. The van der Waals surface area contributed by atoms with E-state index in [9.17, 15) is 0 Å². The van der Waals surface area contributed by atoms with Crippen molar-refractivity contribution in [1.82, 2.24) is 4.90 Å². The third kappa shape index (κ3) is 2.65. The first-order valence-corrected chi connectivity index (χ1v) is 5.98. The van der Waals surface area contributed by atoms with Crippen molar-refractivity contribution < 1.29 is 5.11 Å². The van der Waals surface area contributed by atoms with Gasteiger partial charge < -0.3 is 5.11 Å². The van der Waals surface area contributed by atoms with Gasteiger partial charge >= 0.3 is 0 Å². The maximum absolute atomic E-state index is 9.02. The third-order valence-electron chi connectivity index (χ3n) is 3.36. The molecule has 0 saturated heterocycles. The van der Waals surface area contributed by atoms with Gasteiger partial charge in [0, 0.05) is 12.6 Å². The van der Waals surface area contributed by atoms with Gasteiger partial charge in [0.15, 0.2) is 0 Å². The van der Waals surface area contributed by atoms with E-state index < -0.39 is 0 Å². The van der Waals surface area contributed by atoms with Crippen LogP contribution < -0.4 is 0 Å². The Morgan fingerprint density at radius 3 is 2.71 bits per heavy atom. The van der Waals surface area contributed by atoms with Crippen molar-refractivity contribution in [1.29, 1.82) is 0 Å². The van der Waals surface area contributed by atoms with E-state index in [0.29, 0.717) is 6.04 Å². The summed E-state index contributed by atoms with van der Waals surface area (Å²) in [4.78, 5) is 2.29. The van der Waals surface area contributed by atoms with Gasteiger partial charge in [-0.25, -0.2) is 0 Å². The van der Waals surface area contributed by atoms with Crippen LogP contribution in [0.25, 0.3) is 5.57 Å². The van der Waals surface area contributed by atoms with Crippen LogP contribution in [0.15, 0.2) is 43.0 Å². The van der Waals surface area contributed by atoms with E-state index in [-0.39, 0.29) is 6.61 Å². The van der Waals surface area contributed by atoms with E-state index in [1.54, 1.807) is 0 Å². The van der Waals surface area contributed by atoms with Crippen LogP contribution in [0.2, 0.25) is 0 Å². The van der Waals surface area contributed by atoms with Gasteiger partial charge in [-0.2, -0.15) is 0 Å². The second-order valence-electron chi connectivity index (χ2n) is 4.50. The molecule has 0 spiro atoms. The first-order chi connectivity index (χ1) is 8.24. The average molecular weight is 229 g/mol. The second-order valence-corrected chi connectivity index (χ2v) is 4.50. The molecule has 1 unspecified atom stereocenters.